The topological polar surface area (TPSA) is 63.2 Å². The maximum absolute atomic E-state index is 12.5. The molecule has 0 N–H and O–H groups in total. The number of amides is 2. The van der Waals surface area contributed by atoms with Gasteiger partial charge in [-0.2, -0.15) is 0 Å². The average molecular weight is 329 g/mol. The number of anilines is 1. The van der Waals surface area contributed by atoms with Crippen molar-refractivity contribution in [2.75, 3.05) is 16.4 Å². The molecule has 0 aliphatic carbocycles. The van der Waals surface area contributed by atoms with Gasteiger partial charge in [-0.15, -0.1) is 23.5 Å². The summed E-state index contributed by atoms with van der Waals surface area (Å²) < 4.78 is 0. The summed E-state index contributed by atoms with van der Waals surface area (Å²) in [5.41, 5.74) is 1.61. The molecule has 7 heteroatoms. The van der Waals surface area contributed by atoms with Gasteiger partial charge in [0.15, 0.2) is 5.65 Å². The highest BCUT2D eigenvalue weighted by Crippen LogP contribution is 2.42. The van der Waals surface area contributed by atoms with Gasteiger partial charge < -0.3 is 0 Å². The highest BCUT2D eigenvalue weighted by Gasteiger charge is 2.41. The Morgan fingerprint density at radius 2 is 1.73 bits per heavy atom. The van der Waals surface area contributed by atoms with E-state index in [-0.39, 0.29) is 11.8 Å². The second kappa shape index (κ2) is 5.10. The Kier molecular flexibility index (Phi) is 3.19. The Hall–Kier alpha value is -1.86. The molecule has 2 amide bonds. The van der Waals surface area contributed by atoms with Crippen molar-refractivity contribution in [1.82, 2.24) is 9.97 Å². The molecular weight excluding hydrogens is 318 g/mol. The molecule has 0 aromatic carbocycles. The Bertz CT molecular complexity index is 835. The van der Waals surface area contributed by atoms with E-state index < -0.39 is 0 Å². The van der Waals surface area contributed by atoms with E-state index in [4.69, 9.17) is 0 Å². The third kappa shape index (κ3) is 1.96. The summed E-state index contributed by atoms with van der Waals surface area (Å²) in [4.78, 5) is 35.9. The zero-order chi connectivity index (χ0) is 15.3. The van der Waals surface area contributed by atoms with Gasteiger partial charge in [0.05, 0.1) is 9.81 Å². The summed E-state index contributed by atoms with van der Waals surface area (Å²) >= 11 is 2.91. The first kappa shape index (κ1) is 13.8. The first-order valence-electron chi connectivity index (χ1n) is 6.78. The minimum absolute atomic E-state index is 0.267. The van der Waals surface area contributed by atoms with Crippen LogP contribution in [-0.2, 0) is 9.59 Å². The molecule has 0 spiro atoms. The van der Waals surface area contributed by atoms with Crippen molar-refractivity contribution in [3.63, 3.8) is 0 Å². The molecule has 110 valence electrons. The van der Waals surface area contributed by atoms with Crippen LogP contribution in [0.3, 0.4) is 0 Å². The van der Waals surface area contributed by atoms with Crippen LogP contribution in [0.25, 0.3) is 11.0 Å². The van der Waals surface area contributed by atoms with E-state index in [2.05, 4.69) is 9.97 Å². The fourth-order valence-corrected chi connectivity index (χ4v) is 4.81. The van der Waals surface area contributed by atoms with E-state index in [1.165, 1.54) is 28.4 Å². The van der Waals surface area contributed by atoms with Crippen molar-refractivity contribution in [3.05, 3.63) is 39.8 Å². The standard InChI is InChI=1S/C15H11N3O2S2/c1-8-4-5-16-13-9(8)2-3-10(17-13)18-14(19)11-12(15(18)20)22-7-6-21-11/h2-5H,6-7H2,1H3. The Morgan fingerprint density at radius 1 is 1.05 bits per heavy atom. The molecule has 0 bridgehead atoms. The lowest BCUT2D eigenvalue weighted by atomic mass is 10.2. The number of hydrogen-bond acceptors (Lipinski definition) is 6. The van der Waals surface area contributed by atoms with Crippen molar-refractivity contribution < 1.29 is 9.59 Å². The van der Waals surface area contributed by atoms with E-state index in [9.17, 15) is 9.59 Å². The number of aryl methyl sites for hydroxylation is 1. The maximum atomic E-state index is 12.5. The number of fused-ring (bicyclic) bond motifs is 1. The van der Waals surface area contributed by atoms with E-state index >= 15 is 0 Å². The van der Waals surface area contributed by atoms with Crippen molar-refractivity contribution >= 4 is 52.2 Å². The van der Waals surface area contributed by atoms with Crippen molar-refractivity contribution in [3.8, 4) is 0 Å². The molecule has 4 rings (SSSR count). The molecule has 2 aromatic heterocycles. The molecule has 2 aliphatic heterocycles. The number of imide groups is 1. The van der Waals surface area contributed by atoms with Crippen LogP contribution in [0.4, 0.5) is 5.82 Å². The largest absolute Gasteiger partial charge is 0.274 e. The lowest BCUT2D eigenvalue weighted by Crippen LogP contribution is -2.31. The third-order valence-electron chi connectivity index (χ3n) is 3.61. The summed E-state index contributed by atoms with van der Waals surface area (Å²) in [5.74, 6) is 1.51. The van der Waals surface area contributed by atoms with E-state index in [1.807, 2.05) is 19.1 Å². The molecule has 0 atom stereocenters. The lowest BCUT2D eigenvalue weighted by molar-refractivity contribution is -0.120. The zero-order valence-electron chi connectivity index (χ0n) is 11.7. The predicted molar refractivity (Wildman–Crippen MR) is 88.7 cm³/mol. The molecule has 0 radical (unpaired) electrons. The summed E-state index contributed by atoms with van der Waals surface area (Å²) in [5, 5.41) is 0.923. The number of aromatic nitrogens is 2. The molecule has 22 heavy (non-hydrogen) atoms. The van der Waals surface area contributed by atoms with Gasteiger partial charge in [0.2, 0.25) is 0 Å². The summed E-state index contributed by atoms with van der Waals surface area (Å²) in [6.07, 6.45) is 1.68. The molecule has 0 unspecified atom stereocenters. The van der Waals surface area contributed by atoms with Gasteiger partial charge in [-0.1, -0.05) is 0 Å². The van der Waals surface area contributed by atoms with Gasteiger partial charge in [-0.25, -0.2) is 14.9 Å². The van der Waals surface area contributed by atoms with Crippen molar-refractivity contribution in [2.24, 2.45) is 0 Å². The van der Waals surface area contributed by atoms with Gasteiger partial charge in [-0.3, -0.25) is 9.59 Å². The summed E-state index contributed by atoms with van der Waals surface area (Å²) in [6.45, 7) is 1.98. The fourth-order valence-electron chi connectivity index (χ4n) is 2.52. The SMILES string of the molecule is Cc1ccnc2nc(N3C(=O)C4=C(SCCS4)C3=O)ccc12. The van der Waals surface area contributed by atoms with Crippen LogP contribution in [-0.4, -0.2) is 33.3 Å². The van der Waals surface area contributed by atoms with Crippen LogP contribution in [0.1, 0.15) is 5.56 Å². The quantitative estimate of drug-likeness (QED) is 0.749. The number of nitrogens with zero attached hydrogens (tertiary/aromatic N) is 3. The monoisotopic (exact) mass is 329 g/mol. The van der Waals surface area contributed by atoms with Gasteiger partial charge in [0, 0.05) is 23.1 Å². The lowest BCUT2D eigenvalue weighted by Gasteiger charge is -2.14. The number of pyridine rings is 2. The first-order valence-corrected chi connectivity index (χ1v) is 8.75. The average Bonchev–Trinajstić information content (AvgIpc) is 2.79. The Morgan fingerprint density at radius 3 is 2.41 bits per heavy atom. The molecule has 2 aromatic rings. The Balaban J connectivity index is 1.80. The number of carbonyl (C=O) groups is 2. The van der Waals surface area contributed by atoms with Crippen LogP contribution in [0, 0.1) is 6.92 Å². The molecule has 0 saturated heterocycles. The summed E-state index contributed by atoms with van der Waals surface area (Å²) in [7, 11) is 0. The van der Waals surface area contributed by atoms with Crippen molar-refractivity contribution in [1.29, 1.82) is 0 Å². The highest BCUT2D eigenvalue weighted by molar-refractivity contribution is 8.11. The minimum Gasteiger partial charge on any atom is -0.267 e. The number of thioether (sulfide) groups is 2. The molecule has 5 nitrogen and oxygen atoms in total. The predicted octanol–water partition coefficient (Wildman–Crippen LogP) is 2.50. The van der Waals surface area contributed by atoms with Crippen LogP contribution < -0.4 is 4.90 Å². The van der Waals surface area contributed by atoms with Crippen LogP contribution >= 0.6 is 23.5 Å². The molecule has 0 fully saturated rings. The number of rotatable bonds is 1. The highest BCUT2D eigenvalue weighted by atomic mass is 32.2. The molecular formula is C15H11N3O2S2. The number of hydrogen-bond donors (Lipinski definition) is 0. The van der Waals surface area contributed by atoms with Crippen LogP contribution in [0.15, 0.2) is 34.2 Å². The minimum atomic E-state index is -0.267. The Labute approximate surface area is 135 Å². The fraction of sp³-hybridized carbons (Fsp3) is 0.200. The zero-order valence-corrected chi connectivity index (χ0v) is 13.3. The third-order valence-corrected chi connectivity index (χ3v) is 6.15. The van der Waals surface area contributed by atoms with Crippen molar-refractivity contribution in [2.45, 2.75) is 6.92 Å². The van der Waals surface area contributed by atoms with E-state index in [1.54, 1.807) is 12.3 Å². The van der Waals surface area contributed by atoms with E-state index in [0.29, 0.717) is 21.3 Å². The van der Waals surface area contributed by atoms with E-state index in [0.717, 1.165) is 22.5 Å². The normalized spacial score (nSPS) is 18.3. The van der Waals surface area contributed by atoms with Crippen LogP contribution in [0.2, 0.25) is 0 Å². The van der Waals surface area contributed by atoms with Gasteiger partial charge in [0.25, 0.3) is 11.8 Å². The molecule has 2 aliphatic rings. The second-order valence-electron chi connectivity index (χ2n) is 4.97. The second-order valence-corrected chi connectivity index (χ2v) is 7.18. The molecule has 4 heterocycles. The maximum Gasteiger partial charge on any atom is 0.274 e. The van der Waals surface area contributed by atoms with Crippen LogP contribution in [0.5, 0.6) is 0 Å². The molecule has 0 saturated carbocycles. The van der Waals surface area contributed by atoms with Gasteiger partial charge in [0.1, 0.15) is 5.82 Å². The smallest absolute Gasteiger partial charge is 0.267 e. The van der Waals surface area contributed by atoms with Gasteiger partial charge >= 0.3 is 0 Å². The number of carbonyl (C=O) groups excluding carboxylic acids is 2. The summed E-state index contributed by atoms with van der Waals surface area (Å²) in [6, 6.07) is 5.47. The van der Waals surface area contributed by atoms with Gasteiger partial charge in [-0.05, 0) is 30.7 Å². The first-order chi connectivity index (χ1) is 10.7.